The van der Waals surface area contributed by atoms with Crippen LogP contribution in [0.1, 0.15) is 31.4 Å². The second kappa shape index (κ2) is 8.03. The number of amides is 1. The maximum Gasteiger partial charge on any atom is 0.340 e. The number of rotatable bonds is 7. The number of hydrogen-bond acceptors (Lipinski definition) is 5. The van der Waals surface area contributed by atoms with Gasteiger partial charge in [-0.25, -0.2) is 9.59 Å². The van der Waals surface area contributed by atoms with Gasteiger partial charge in [-0.05, 0) is 30.5 Å². The molecule has 1 aromatic heterocycles. The Hall–Kier alpha value is -2.83. The molecule has 1 heterocycles. The van der Waals surface area contributed by atoms with E-state index in [1.807, 2.05) is 6.92 Å². The molecule has 0 saturated heterocycles. The average Bonchev–Trinajstić information content (AvgIpc) is 2.61. The normalized spacial score (nSPS) is 13.2. The molecule has 140 valence electrons. The molecule has 0 unspecified atom stereocenters. The molecule has 1 amide bonds. The van der Waals surface area contributed by atoms with Gasteiger partial charge in [-0.1, -0.05) is 20.3 Å². The molecule has 2 aromatic rings. The summed E-state index contributed by atoms with van der Waals surface area (Å²) in [5.41, 5.74) is 0.603. The molecule has 0 aliphatic rings. The number of carboxylic acid groups (broad SMARTS) is 1. The van der Waals surface area contributed by atoms with Crippen molar-refractivity contribution in [2.75, 3.05) is 7.11 Å². The van der Waals surface area contributed by atoms with Crippen LogP contribution in [0.3, 0.4) is 0 Å². The van der Waals surface area contributed by atoms with E-state index in [2.05, 4.69) is 5.32 Å². The van der Waals surface area contributed by atoms with Gasteiger partial charge in [0.05, 0.1) is 19.1 Å². The molecule has 0 aliphatic carbocycles. The molecule has 2 atom stereocenters. The van der Waals surface area contributed by atoms with E-state index in [9.17, 15) is 19.5 Å². The first kappa shape index (κ1) is 19.5. The predicted octanol–water partition coefficient (Wildman–Crippen LogP) is 2.27. The molecule has 0 bridgehead atoms. The van der Waals surface area contributed by atoms with Crippen LogP contribution in [-0.2, 0) is 16.0 Å². The molecule has 1 aromatic carbocycles. The van der Waals surface area contributed by atoms with Gasteiger partial charge >= 0.3 is 11.6 Å². The van der Waals surface area contributed by atoms with Crippen molar-refractivity contribution < 1.29 is 23.8 Å². The Morgan fingerprint density at radius 2 is 2.04 bits per heavy atom. The number of carbonyl (C=O) groups is 2. The van der Waals surface area contributed by atoms with Crippen molar-refractivity contribution in [1.82, 2.24) is 5.32 Å². The number of carbonyl (C=O) groups excluding carboxylic acids is 1. The molecular formula is C19H23NO6. The molecule has 2 rings (SSSR count). The summed E-state index contributed by atoms with van der Waals surface area (Å²) in [5.74, 6) is -1.29. The average molecular weight is 361 g/mol. The van der Waals surface area contributed by atoms with Gasteiger partial charge in [0.2, 0.25) is 5.91 Å². The monoisotopic (exact) mass is 361 g/mol. The van der Waals surface area contributed by atoms with E-state index in [-0.39, 0.29) is 17.9 Å². The van der Waals surface area contributed by atoms with Crippen LogP contribution < -0.4 is 15.7 Å². The van der Waals surface area contributed by atoms with Gasteiger partial charge in [-0.15, -0.1) is 0 Å². The molecular weight excluding hydrogens is 338 g/mol. The Morgan fingerprint density at radius 1 is 1.35 bits per heavy atom. The fourth-order valence-electron chi connectivity index (χ4n) is 2.77. The van der Waals surface area contributed by atoms with Crippen LogP contribution in [0, 0.1) is 12.8 Å². The van der Waals surface area contributed by atoms with E-state index in [4.69, 9.17) is 9.15 Å². The zero-order valence-electron chi connectivity index (χ0n) is 15.3. The number of nitrogens with one attached hydrogen (secondary N) is 1. The lowest BCUT2D eigenvalue weighted by atomic mass is 9.98. The summed E-state index contributed by atoms with van der Waals surface area (Å²) in [6, 6.07) is 4.11. The molecule has 7 nitrogen and oxygen atoms in total. The van der Waals surface area contributed by atoms with Crippen molar-refractivity contribution in [3.05, 3.63) is 39.7 Å². The quantitative estimate of drug-likeness (QED) is 0.733. The van der Waals surface area contributed by atoms with E-state index in [1.54, 1.807) is 32.0 Å². The molecule has 7 heteroatoms. The Kier molecular flexibility index (Phi) is 6.02. The van der Waals surface area contributed by atoms with Gasteiger partial charge < -0.3 is 19.6 Å². The lowest BCUT2D eigenvalue weighted by molar-refractivity contribution is -0.143. The molecule has 0 spiro atoms. The maximum absolute atomic E-state index is 12.3. The minimum absolute atomic E-state index is 0.216. The summed E-state index contributed by atoms with van der Waals surface area (Å²) < 4.78 is 10.4. The second-order valence-corrected chi connectivity index (χ2v) is 6.30. The molecule has 26 heavy (non-hydrogen) atoms. The van der Waals surface area contributed by atoms with Gasteiger partial charge in [0.25, 0.3) is 0 Å². The lowest BCUT2D eigenvalue weighted by Crippen LogP contribution is -2.45. The third kappa shape index (κ3) is 4.04. The number of hydrogen-bond donors (Lipinski definition) is 2. The van der Waals surface area contributed by atoms with Gasteiger partial charge in [0.1, 0.15) is 17.4 Å². The highest BCUT2D eigenvalue weighted by atomic mass is 16.5. The van der Waals surface area contributed by atoms with Crippen LogP contribution in [0.15, 0.2) is 27.4 Å². The van der Waals surface area contributed by atoms with Crippen molar-refractivity contribution in [3.8, 4) is 5.75 Å². The highest BCUT2D eigenvalue weighted by molar-refractivity contribution is 5.87. The minimum atomic E-state index is -1.10. The minimum Gasteiger partial charge on any atom is -0.497 e. The number of ether oxygens (including phenoxy) is 1. The first-order chi connectivity index (χ1) is 12.3. The number of methoxy groups -OCH3 is 1. The van der Waals surface area contributed by atoms with Gasteiger partial charge in [-0.2, -0.15) is 0 Å². The van der Waals surface area contributed by atoms with Crippen LogP contribution in [0.2, 0.25) is 0 Å². The smallest absolute Gasteiger partial charge is 0.340 e. The Bertz CT molecular complexity index is 885. The van der Waals surface area contributed by atoms with Crippen molar-refractivity contribution >= 4 is 22.8 Å². The first-order valence-corrected chi connectivity index (χ1v) is 8.41. The van der Waals surface area contributed by atoms with Gasteiger partial charge in [-0.3, -0.25) is 4.79 Å². The molecule has 0 aliphatic heterocycles. The third-order valence-corrected chi connectivity index (χ3v) is 4.63. The van der Waals surface area contributed by atoms with Crippen molar-refractivity contribution in [3.63, 3.8) is 0 Å². The van der Waals surface area contributed by atoms with Crippen LogP contribution in [-0.4, -0.2) is 30.1 Å². The summed E-state index contributed by atoms with van der Waals surface area (Å²) >= 11 is 0. The van der Waals surface area contributed by atoms with E-state index in [1.165, 1.54) is 7.11 Å². The van der Waals surface area contributed by atoms with Crippen LogP contribution in [0.5, 0.6) is 5.75 Å². The van der Waals surface area contributed by atoms with Crippen molar-refractivity contribution in [2.45, 2.75) is 39.7 Å². The Morgan fingerprint density at radius 3 is 2.62 bits per heavy atom. The summed E-state index contributed by atoms with van der Waals surface area (Å²) in [6.07, 6.45) is 0.368. The number of aliphatic carboxylic acids is 1. The SMILES string of the molecule is CC[C@@H](C)[C@@H](NC(=O)Cc1c(C)c2ccc(OC)cc2oc1=O)C(=O)O. The summed E-state index contributed by atoms with van der Waals surface area (Å²) in [5, 5.41) is 12.5. The topological polar surface area (TPSA) is 106 Å². The van der Waals surface area contributed by atoms with Gasteiger partial charge in [0, 0.05) is 11.5 Å². The van der Waals surface area contributed by atoms with E-state index >= 15 is 0 Å². The van der Waals surface area contributed by atoms with Crippen LogP contribution >= 0.6 is 0 Å². The molecule has 2 N–H and O–H groups in total. The number of benzene rings is 1. The largest absolute Gasteiger partial charge is 0.497 e. The molecule has 0 fully saturated rings. The first-order valence-electron chi connectivity index (χ1n) is 8.41. The van der Waals surface area contributed by atoms with Gasteiger partial charge in [0.15, 0.2) is 0 Å². The molecule has 0 radical (unpaired) electrons. The van der Waals surface area contributed by atoms with E-state index < -0.39 is 23.5 Å². The Balaban J connectivity index is 2.31. The highest BCUT2D eigenvalue weighted by Crippen LogP contribution is 2.24. The Labute approximate surface area is 151 Å². The van der Waals surface area contributed by atoms with Crippen molar-refractivity contribution in [1.29, 1.82) is 0 Å². The van der Waals surface area contributed by atoms with E-state index in [0.717, 1.165) is 0 Å². The highest BCUT2D eigenvalue weighted by Gasteiger charge is 2.26. The van der Waals surface area contributed by atoms with Crippen molar-refractivity contribution in [2.24, 2.45) is 5.92 Å². The molecule has 0 saturated carbocycles. The summed E-state index contributed by atoms with van der Waals surface area (Å²) in [4.78, 5) is 36.0. The zero-order chi connectivity index (χ0) is 19.4. The summed E-state index contributed by atoms with van der Waals surface area (Å²) in [6.45, 7) is 5.34. The number of carboxylic acids is 1. The fraction of sp³-hybridized carbons (Fsp3) is 0.421. The zero-order valence-corrected chi connectivity index (χ0v) is 15.3. The maximum atomic E-state index is 12.3. The standard InChI is InChI=1S/C19H23NO6/c1-5-10(2)17(18(22)23)20-16(21)9-14-11(3)13-7-6-12(25-4)8-15(13)26-19(14)24/h6-8,10,17H,5,9H2,1-4H3,(H,20,21)(H,22,23)/t10-,17-/m1/s1. The van der Waals surface area contributed by atoms with E-state index in [0.29, 0.717) is 28.7 Å². The number of fused-ring (bicyclic) bond motifs is 1. The lowest BCUT2D eigenvalue weighted by Gasteiger charge is -2.20. The fourth-order valence-corrected chi connectivity index (χ4v) is 2.77. The van der Waals surface area contributed by atoms with Crippen LogP contribution in [0.4, 0.5) is 0 Å². The number of aryl methyl sites for hydroxylation is 1. The summed E-state index contributed by atoms with van der Waals surface area (Å²) in [7, 11) is 1.51. The predicted molar refractivity (Wildman–Crippen MR) is 96.5 cm³/mol. The van der Waals surface area contributed by atoms with Crippen LogP contribution in [0.25, 0.3) is 11.0 Å². The second-order valence-electron chi connectivity index (χ2n) is 6.30. The third-order valence-electron chi connectivity index (χ3n) is 4.63.